The Bertz CT molecular complexity index is 915. The van der Waals surface area contributed by atoms with Crippen LogP contribution >= 0.6 is 15.9 Å². The molecule has 0 aromatic carbocycles. The van der Waals surface area contributed by atoms with E-state index in [1.54, 1.807) is 27.9 Å². The van der Waals surface area contributed by atoms with Crippen molar-refractivity contribution >= 4 is 27.7 Å². The van der Waals surface area contributed by atoms with Gasteiger partial charge in [0, 0.05) is 44.6 Å². The molecule has 26 heavy (non-hydrogen) atoms. The maximum atomic E-state index is 12.5. The van der Waals surface area contributed by atoms with Crippen molar-refractivity contribution in [2.24, 2.45) is 0 Å². The van der Waals surface area contributed by atoms with E-state index in [0.29, 0.717) is 42.4 Å². The van der Waals surface area contributed by atoms with Crippen molar-refractivity contribution < 1.29 is 9.21 Å². The van der Waals surface area contributed by atoms with Crippen molar-refractivity contribution in [1.82, 2.24) is 24.6 Å². The Morgan fingerprint density at radius 1 is 1.15 bits per heavy atom. The number of nitrogens with zero attached hydrogens (tertiary/aromatic N) is 6. The highest BCUT2D eigenvalue weighted by Crippen LogP contribution is 2.20. The molecule has 0 spiro atoms. The normalized spacial score (nSPS) is 14.7. The molecule has 0 atom stereocenters. The van der Waals surface area contributed by atoms with Gasteiger partial charge in [0.25, 0.3) is 5.91 Å². The second-order valence-electron chi connectivity index (χ2n) is 5.97. The number of hydrogen-bond donors (Lipinski definition) is 0. The average Bonchev–Trinajstić information content (AvgIpc) is 3.32. The summed E-state index contributed by atoms with van der Waals surface area (Å²) in [4.78, 5) is 25.4. The molecule has 1 aliphatic heterocycles. The summed E-state index contributed by atoms with van der Waals surface area (Å²) in [6, 6.07) is 7.18. The number of hydrogen-bond acceptors (Lipinski definition) is 6. The Balaban J connectivity index is 1.47. The number of piperazine rings is 1. The van der Waals surface area contributed by atoms with E-state index < -0.39 is 0 Å². The third kappa shape index (κ3) is 3.34. The van der Waals surface area contributed by atoms with Crippen molar-refractivity contribution in [2.45, 2.75) is 6.92 Å². The molecule has 1 amide bonds. The molecule has 0 unspecified atom stereocenters. The molecule has 0 radical (unpaired) electrons. The SMILES string of the molecule is Cc1nc(N2CCN(C(=O)c3ccc(Br)o3)CC2)cc(-n2cccn2)n1. The van der Waals surface area contributed by atoms with Gasteiger partial charge in [-0.1, -0.05) is 0 Å². The van der Waals surface area contributed by atoms with E-state index in [9.17, 15) is 4.79 Å². The Morgan fingerprint density at radius 2 is 1.92 bits per heavy atom. The Hall–Kier alpha value is -2.68. The van der Waals surface area contributed by atoms with Gasteiger partial charge in [0.15, 0.2) is 16.2 Å². The highest BCUT2D eigenvalue weighted by Gasteiger charge is 2.25. The van der Waals surface area contributed by atoms with E-state index in [4.69, 9.17) is 4.42 Å². The largest absolute Gasteiger partial charge is 0.444 e. The second kappa shape index (κ2) is 6.91. The summed E-state index contributed by atoms with van der Waals surface area (Å²) in [7, 11) is 0. The lowest BCUT2D eigenvalue weighted by Gasteiger charge is -2.35. The first kappa shape index (κ1) is 16.8. The molecule has 1 fully saturated rings. The molecule has 1 saturated heterocycles. The molecule has 3 aromatic rings. The van der Waals surface area contributed by atoms with Crippen molar-refractivity contribution in [2.75, 3.05) is 31.1 Å². The molecule has 3 aromatic heterocycles. The molecule has 0 saturated carbocycles. The maximum absolute atomic E-state index is 12.5. The van der Waals surface area contributed by atoms with Crippen LogP contribution in [0.4, 0.5) is 5.82 Å². The Labute approximate surface area is 158 Å². The summed E-state index contributed by atoms with van der Waals surface area (Å²) < 4.78 is 7.64. The van der Waals surface area contributed by atoms with Crippen LogP contribution in [0.25, 0.3) is 5.82 Å². The molecule has 0 aliphatic carbocycles. The van der Waals surface area contributed by atoms with E-state index in [1.807, 2.05) is 25.3 Å². The fraction of sp³-hybridized carbons (Fsp3) is 0.294. The van der Waals surface area contributed by atoms with Gasteiger partial charge in [-0.2, -0.15) is 5.10 Å². The van der Waals surface area contributed by atoms with Crippen molar-refractivity contribution in [3.8, 4) is 5.82 Å². The quantitative estimate of drug-likeness (QED) is 0.651. The number of carbonyl (C=O) groups excluding carboxylic acids is 1. The minimum atomic E-state index is -0.0913. The minimum absolute atomic E-state index is 0.0913. The molecular weight excluding hydrogens is 400 g/mol. The standard InChI is InChI=1S/C17H17BrN6O2/c1-12-20-15(11-16(21-12)24-6-2-5-19-24)22-7-9-23(10-8-22)17(25)13-3-4-14(18)26-13/h2-6,11H,7-10H2,1H3. The van der Waals surface area contributed by atoms with Gasteiger partial charge in [0.2, 0.25) is 0 Å². The molecule has 4 heterocycles. The Morgan fingerprint density at radius 3 is 2.58 bits per heavy atom. The number of rotatable bonds is 3. The van der Waals surface area contributed by atoms with Gasteiger partial charge in [-0.15, -0.1) is 0 Å². The Kier molecular flexibility index (Phi) is 4.46. The summed E-state index contributed by atoms with van der Waals surface area (Å²) >= 11 is 3.23. The van der Waals surface area contributed by atoms with E-state index in [2.05, 4.69) is 35.9 Å². The minimum Gasteiger partial charge on any atom is -0.444 e. The van der Waals surface area contributed by atoms with Gasteiger partial charge < -0.3 is 14.2 Å². The maximum Gasteiger partial charge on any atom is 0.289 e. The van der Waals surface area contributed by atoms with Crippen molar-refractivity contribution in [1.29, 1.82) is 0 Å². The first-order chi connectivity index (χ1) is 12.6. The summed E-state index contributed by atoms with van der Waals surface area (Å²) in [6.07, 6.45) is 3.57. The third-order valence-corrected chi connectivity index (χ3v) is 4.65. The number of amides is 1. The topological polar surface area (TPSA) is 80.3 Å². The zero-order valence-corrected chi connectivity index (χ0v) is 15.8. The number of furan rings is 1. The highest BCUT2D eigenvalue weighted by atomic mass is 79.9. The van der Waals surface area contributed by atoms with Crippen LogP contribution in [0, 0.1) is 6.92 Å². The van der Waals surface area contributed by atoms with Gasteiger partial charge in [-0.05, 0) is 41.1 Å². The van der Waals surface area contributed by atoms with Crippen LogP contribution in [0.15, 0.2) is 45.7 Å². The molecule has 1 aliphatic rings. The highest BCUT2D eigenvalue weighted by molar-refractivity contribution is 9.10. The molecule has 0 bridgehead atoms. The van der Waals surface area contributed by atoms with Crippen LogP contribution in [0.3, 0.4) is 0 Å². The van der Waals surface area contributed by atoms with E-state index in [1.165, 1.54) is 0 Å². The number of anilines is 1. The number of carbonyl (C=O) groups is 1. The summed E-state index contributed by atoms with van der Waals surface area (Å²) in [5, 5.41) is 4.23. The van der Waals surface area contributed by atoms with E-state index in [-0.39, 0.29) is 5.91 Å². The van der Waals surface area contributed by atoms with Crippen molar-refractivity contribution in [3.63, 3.8) is 0 Å². The predicted octanol–water partition coefficient (Wildman–Crippen LogP) is 2.29. The second-order valence-corrected chi connectivity index (χ2v) is 6.75. The first-order valence-corrected chi connectivity index (χ1v) is 9.05. The molecule has 0 N–H and O–H groups in total. The van der Waals surface area contributed by atoms with Gasteiger partial charge in [-0.3, -0.25) is 4.79 Å². The van der Waals surface area contributed by atoms with Crippen LogP contribution in [0.5, 0.6) is 0 Å². The lowest BCUT2D eigenvalue weighted by atomic mass is 10.2. The van der Waals surface area contributed by atoms with Gasteiger partial charge in [0.1, 0.15) is 11.6 Å². The number of aryl methyl sites for hydroxylation is 1. The van der Waals surface area contributed by atoms with Crippen molar-refractivity contribution in [3.05, 3.63) is 52.9 Å². The van der Waals surface area contributed by atoms with Crippen LogP contribution < -0.4 is 4.90 Å². The molecule has 134 valence electrons. The van der Waals surface area contributed by atoms with E-state index in [0.717, 1.165) is 11.6 Å². The fourth-order valence-electron chi connectivity index (χ4n) is 2.94. The summed E-state index contributed by atoms with van der Waals surface area (Å²) in [6.45, 7) is 4.48. The molecular formula is C17H17BrN6O2. The van der Waals surface area contributed by atoms with Gasteiger partial charge in [0.05, 0.1) is 0 Å². The monoisotopic (exact) mass is 416 g/mol. The lowest BCUT2D eigenvalue weighted by Crippen LogP contribution is -2.49. The smallest absolute Gasteiger partial charge is 0.289 e. The zero-order valence-electron chi connectivity index (χ0n) is 14.2. The third-order valence-electron chi connectivity index (χ3n) is 4.22. The lowest BCUT2D eigenvalue weighted by molar-refractivity contribution is 0.0713. The van der Waals surface area contributed by atoms with Crippen LogP contribution in [-0.2, 0) is 0 Å². The van der Waals surface area contributed by atoms with Crippen LogP contribution in [0.2, 0.25) is 0 Å². The molecule has 4 rings (SSSR count). The van der Waals surface area contributed by atoms with Gasteiger partial charge >= 0.3 is 0 Å². The van der Waals surface area contributed by atoms with E-state index >= 15 is 0 Å². The average molecular weight is 417 g/mol. The number of halogens is 1. The summed E-state index contributed by atoms with van der Waals surface area (Å²) in [5.74, 6) is 2.52. The van der Waals surface area contributed by atoms with Gasteiger partial charge in [-0.25, -0.2) is 14.6 Å². The fourth-order valence-corrected chi connectivity index (χ4v) is 3.25. The predicted molar refractivity (Wildman–Crippen MR) is 98.4 cm³/mol. The van der Waals surface area contributed by atoms with Crippen LogP contribution in [0.1, 0.15) is 16.4 Å². The summed E-state index contributed by atoms with van der Waals surface area (Å²) in [5.41, 5.74) is 0. The zero-order chi connectivity index (χ0) is 18.1. The molecule has 9 heteroatoms. The van der Waals surface area contributed by atoms with Crippen LogP contribution in [-0.4, -0.2) is 56.7 Å². The molecule has 8 nitrogen and oxygen atoms in total. The number of aromatic nitrogens is 4. The first-order valence-electron chi connectivity index (χ1n) is 8.25.